The number of hydrogen-bond donors (Lipinski definition) is 3. The van der Waals surface area contributed by atoms with Crippen molar-refractivity contribution in [3.63, 3.8) is 0 Å². The number of ether oxygens (including phenoxy) is 1. The fourth-order valence-corrected chi connectivity index (χ4v) is 2.49. The summed E-state index contributed by atoms with van der Waals surface area (Å²) in [6, 6.07) is 12.0. The van der Waals surface area contributed by atoms with Crippen molar-refractivity contribution in [3.05, 3.63) is 81.9 Å². The van der Waals surface area contributed by atoms with Crippen molar-refractivity contribution in [1.29, 1.82) is 0 Å². The van der Waals surface area contributed by atoms with Gasteiger partial charge in [-0.25, -0.2) is 14.4 Å². The van der Waals surface area contributed by atoms with E-state index in [1.807, 2.05) is 0 Å². The highest BCUT2D eigenvalue weighted by molar-refractivity contribution is 5.95. The third kappa shape index (κ3) is 4.95. The van der Waals surface area contributed by atoms with Gasteiger partial charge in [0, 0.05) is 12.1 Å². The van der Waals surface area contributed by atoms with Crippen molar-refractivity contribution in [3.8, 4) is 5.75 Å². The number of hydrazine groups is 1. The lowest BCUT2D eigenvalue weighted by Crippen LogP contribution is -2.30. The summed E-state index contributed by atoms with van der Waals surface area (Å²) < 4.78 is 18.0. The molecule has 0 saturated heterocycles. The molecule has 11 heteroatoms. The monoisotopic (exact) mass is 412 g/mol. The van der Waals surface area contributed by atoms with E-state index < -0.39 is 16.5 Å². The first-order valence-electron chi connectivity index (χ1n) is 8.66. The summed E-state index contributed by atoms with van der Waals surface area (Å²) in [5.74, 6) is -0.570. The fourth-order valence-electron chi connectivity index (χ4n) is 2.49. The molecule has 0 aliphatic rings. The van der Waals surface area contributed by atoms with Crippen molar-refractivity contribution in [2.45, 2.75) is 6.54 Å². The average molecular weight is 412 g/mol. The van der Waals surface area contributed by atoms with Crippen LogP contribution < -0.4 is 20.9 Å². The Balaban J connectivity index is 1.72. The van der Waals surface area contributed by atoms with Gasteiger partial charge in [0.15, 0.2) is 0 Å². The smallest absolute Gasteiger partial charge is 0.354 e. The number of nitrogens with one attached hydrogen (secondary N) is 3. The van der Waals surface area contributed by atoms with Gasteiger partial charge in [-0.2, -0.15) is 0 Å². The Morgan fingerprint density at radius 3 is 2.40 bits per heavy atom. The van der Waals surface area contributed by atoms with Crippen molar-refractivity contribution in [1.82, 2.24) is 15.4 Å². The Morgan fingerprint density at radius 2 is 1.77 bits per heavy atom. The third-order valence-electron chi connectivity index (χ3n) is 4.02. The van der Waals surface area contributed by atoms with E-state index in [0.717, 1.165) is 6.33 Å². The summed E-state index contributed by atoms with van der Waals surface area (Å²) in [6.45, 7) is 0.176. The first-order valence-corrected chi connectivity index (χ1v) is 8.66. The van der Waals surface area contributed by atoms with Crippen LogP contribution in [0.1, 0.15) is 15.9 Å². The average Bonchev–Trinajstić information content (AvgIpc) is 2.77. The van der Waals surface area contributed by atoms with Gasteiger partial charge in [-0.1, -0.05) is 12.1 Å². The zero-order valence-corrected chi connectivity index (χ0v) is 15.8. The quantitative estimate of drug-likeness (QED) is 0.380. The molecule has 0 saturated carbocycles. The molecule has 0 radical (unpaired) electrons. The Morgan fingerprint density at radius 1 is 1.10 bits per heavy atom. The lowest BCUT2D eigenvalue weighted by Gasteiger charge is -2.11. The van der Waals surface area contributed by atoms with Gasteiger partial charge in [-0.15, -0.1) is 0 Å². The molecule has 0 spiro atoms. The van der Waals surface area contributed by atoms with Gasteiger partial charge in [0.05, 0.1) is 12.0 Å². The molecule has 1 heterocycles. The van der Waals surface area contributed by atoms with E-state index in [2.05, 4.69) is 26.1 Å². The molecule has 10 nitrogen and oxygen atoms in total. The molecular formula is C19H17FN6O4. The number of nitro groups is 1. The molecule has 3 N–H and O–H groups in total. The second-order valence-corrected chi connectivity index (χ2v) is 5.96. The minimum atomic E-state index is -0.672. The van der Waals surface area contributed by atoms with Crippen molar-refractivity contribution in [2.75, 3.05) is 17.9 Å². The minimum absolute atomic E-state index is 0.0551. The zero-order valence-electron chi connectivity index (χ0n) is 15.8. The summed E-state index contributed by atoms with van der Waals surface area (Å²) >= 11 is 0. The largest absolute Gasteiger partial charge is 0.497 e. The molecule has 0 fully saturated rings. The Kier molecular flexibility index (Phi) is 6.33. The molecule has 0 unspecified atom stereocenters. The van der Waals surface area contributed by atoms with Crippen LogP contribution in [0.15, 0.2) is 54.9 Å². The fraction of sp³-hybridized carbons (Fsp3) is 0.105. The molecule has 0 bridgehead atoms. The molecule has 0 atom stereocenters. The molecule has 30 heavy (non-hydrogen) atoms. The maximum absolute atomic E-state index is 13.0. The van der Waals surface area contributed by atoms with Crippen molar-refractivity contribution < 1.29 is 18.8 Å². The predicted octanol–water partition coefficient (Wildman–Crippen LogP) is 2.90. The normalized spacial score (nSPS) is 10.2. The molecule has 154 valence electrons. The van der Waals surface area contributed by atoms with Crippen LogP contribution in [0, 0.1) is 15.9 Å². The van der Waals surface area contributed by atoms with E-state index in [1.165, 1.54) is 19.2 Å². The van der Waals surface area contributed by atoms with E-state index in [-0.39, 0.29) is 24.0 Å². The Bertz CT molecular complexity index is 1040. The van der Waals surface area contributed by atoms with Gasteiger partial charge < -0.3 is 10.1 Å². The van der Waals surface area contributed by atoms with E-state index >= 15 is 0 Å². The minimum Gasteiger partial charge on any atom is -0.497 e. The van der Waals surface area contributed by atoms with Gasteiger partial charge in [0.2, 0.25) is 11.6 Å². The van der Waals surface area contributed by atoms with Gasteiger partial charge in [-0.3, -0.25) is 25.8 Å². The first kappa shape index (κ1) is 20.5. The van der Waals surface area contributed by atoms with Crippen LogP contribution in [0.2, 0.25) is 0 Å². The number of aromatic nitrogens is 2. The van der Waals surface area contributed by atoms with Crippen molar-refractivity contribution in [2.24, 2.45) is 0 Å². The van der Waals surface area contributed by atoms with Gasteiger partial charge in [0.25, 0.3) is 5.91 Å². The van der Waals surface area contributed by atoms with Crippen LogP contribution in [0.25, 0.3) is 0 Å². The van der Waals surface area contributed by atoms with E-state index in [1.54, 1.807) is 36.4 Å². The molecule has 1 aromatic heterocycles. The second-order valence-electron chi connectivity index (χ2n) is 5.96. The van der Waals surface area contributed by atoms with Crippen LogP contribution in [0.4, 0.5) is 21.7 Å². The summed E-state index contributed by atoms with van der Waals surface area (Å²) in [6.07, 6.45) is 1.11. The molecule has 3 aromatic rings. The number of rotatable bonds is 8. The highest BCUT2D eigenvalue weighted by Gasteiger charge is 2.23. The van der Waals surface area contributed by atoms with E-state index in [4.69, 9.17) is 4.74 Å². The number of nitrogens with zero attached hydrogens (tertiary/aromatic N) is 3. The lowest BCUT2D eigenvalue weighted by molar-refractivity contribution is -0.383. The molecule has 3 rings (SSSR count). The number of halogens is 1. The lowest BCUT2D eigenvalue weighted by atomic mass is 10.2. The molecular weight excluding hydrogens is 395 g/mol. The van der Waals surface area contributed by atoms with E-state index in [0.29, 0.717) is 16.9 Å². The summed E-state index contributed by atoms with van der Waals surface area (Å²) in [4.78, 5) is 30.9. The van der Waals surface area contributed by atoms with Gasteiger partial charge in [0.1, 0.15) is 17.9 Å². The molecule has 2 aromatic carbocycles. The SMILES string of the molecule is COc1ccc(C(=O)NNc2ncnc(NCc3ccc(F)cc3)c2[N+](=O)[O-])cc1. The number of carbonyl (C=O) groups is 1. The van der Waals surface area contributed by atoms with Crippen molar-refractivity contribution >= 4 is 23.2 Å². The topological polar surface area (TPSA) is 131 Å². The summed E-state index contributed by atoms with van der Waals surface area (Å²) in [7, 11) is 1.51. The number of anilines is 2. The molecule has 1 amide bonds. The molecule has 0 aliphatic heterocycles. The Hall–Kier alpha value is -4.28. The maximum Gasteiger partial charge on any atom is 0.354 e. The van der Waals surface area contributed by atoms with Crippen LogP contribution in [0.3, 0.4) is 0 Å². The number of carbonyl (C=O) groups excluding carboxylic acids is 1. The molecule has 0 aliphatic carbocycles. The summed E-state index contributed by atoms with van der Waals surface area (Å²) in [5.41, 5.74) is 5.38. The number of amides is 1. The van der Waals surface area contributed by atoms with Crippen LogP contribution in [-0.2, 0) is 6.54 Å². The van der Waals surface area contributed by atoms with E-state index in [9.17, 15) is 19.3 Å². The number of methoxy groups -OCH3 is 1. The van der Waals surface area contributed by atoms with Crippen LogP contribution >= 0.6 is 0 Å². The van der Waals surface area contributed by atoms with Crippen LogP contribution in [-0.4, -0.2) is 27.9 Å². The Labute approximate surface area is 170 Å². The zero-order chi connectivity index (χ0) is 21.5. The van der Waals surface area contributed by atoms with Gasteiger partial charge in [-0.05, 0) is 42.0 Å². The maximum atomic E-state index is 13.0. The highest BCUT2D eigenvalue weighted by atomic mass is 19.1. The number of benzene rings is 2. The van der Waals surface area contributed by atoms with Gasteiger partial charge >= 0.3 is 5.69 Å². The predicted molar refractivity (Wildman–Crippen MR) is 106 cm³/mol. The van der Waals surface area contributed by atoms with Crippen LogP contribution in [0.5, 0.6) is 5.75 Å². The second kappa shape index (κ2) is 9.28. The first-order chi connectivity index (χ1) is 14.5. The highest BCUT2D eigenvalue weighted by Crippen LogP contribution is 2.28. The number of hydrogen-bond acceptors (Lipinski definition) is 8. The third-order valence-corrected chi connectivity index (χ3v) is 4.02. The standard InChI is InChI=1S/C19H17FN6O4/c1-30-15-8-4-13(5-9-15)19(27)25-24-18-16(26(28)29)17(22-11-23-18)21-10-12-2-6-14(20)7-3-12/h2-9,11H,10H2,1H3,(H,25,27)(H2,21,22,23,24). The summed E-state index contributed by atoms with van der Waals surface area (Å²) in [5, 5.41) is 14.4.